The van der Waals surface area contributed by atoms with Gasteiger partial charge in [-0.05, 0) is 62.1 Å². The molecule has 0 radical (unpaired) electrons. The lowest BCUT2D eigenvalue weighted by Gasteiger charge is -2.41. The van der Waals surface area contributed by atoms with Crippen LogP contribution in [0.1, 0.15) is 61.4 Å². The molecule has 1 heterocycles. The summed E-state index contributed by atoms with van der Waals surface area (Å²) in [4.78, 5) is 13.9. The van der Waals surface area contributed by atoms with Crippen LogP contribution in [-0.2, 0) is 6.42 Å². The summed E-state index contributed by atoms with van der Waals surface area (Å²) in [5.74, 6) is 0.110. The second-order valence-corrected chi connectivity index (χ2v) is 6.49. The van der Waals surface area contributed by atoms with Crippen molar-refractivity contribution in [2.75, 3.05) is 11.4 Å². The van der Waals surface area contributed by atoms with E-state index in [4.69, 9.17) is 0 Å². The molecule has 0 saturated heterocycles. The van der Waals surface area contributed by atoms with Gasteiger partial charge in [-0.2, -0.15) is 0 Å². The van der Waals surface area contributed by atoms with Crippen molar-refractivity contribution in [3.05, 3.63) is 29.3 Å². The first kappa shape index (κ1) is 14.4. The van der Waals surface area contributed by atoms with Crippen molar-refractivity contribution in [1.29, 1.82) is 0 Å². The molecule has 1 N–H and O–H groups in total. The van der Waals surface area contributed by atoms with E-state index in [0.29, 0.717) is 11.6 Å². The fourth-order valence-corrected chi connectivity index (χ4v) is 4.10. The van der Waals surface area contributed by atoms with E-state index in [9.17, 15) is 9.90 Å². The topological polar surface area (TPSA) is 40.5 Å². The van der Waals surface area contributed by atoms with E-state index in [1.165, 1.54) is 37.8 Å². The Balaban J connectivity index is 1.84. The van der Waals surface area contributed by atoms with Crippen molar-refractivity contribution >= 4 is 11.7 Å². The molecule has 0 atom stereocenters. The molecule has 1 aliphatic heterocycles. The fourth-order valence-electron chi connectivity index (χ4n) is 4.10. The molecule has 0 aromatic heterocycles. The van der Waals surface area contributed by atoms with Crippen LogP contribution < -0.4 is 4.90 Å². The lowest BCUT2D eigenvalue weighted by atomic mass is 9.82. The number of hydrogen-bond donors (Lipinski definition) is 1. The molecule has 1 aromatic carbocycles. The first-order valence-corrected chi connectivity index (χ1v) is 8.32. The van der Waals surface area contributed by atoms with E-state index in [-0.39, 0.29) is 0 Å². The van der Waals surface area contributed by atoms with Gasteiger partial charge in [0, 0.05) is 18.3 Å². The third-order valence-electron chi connectivity index (χ3n) is 5.35. The molecule has 21 heavy (non-hydrogen) atoms. The Labute approximate surface area is 127 Å². The summed E-state index contributed by atoms with van der Waals surface area (Å²) in [6.07, 6.45) is 8.44. The van der Waals surface area contributed by atoms with Gasteiger partial charge in [0.2, 0.25) is 0 Å². The summed E-state index contributed by atoms with van der Waals surface area (Å²) in [6, 6.07) is 6.37. The molecule has 0 unspecified atom stereocenters. The third kappa shape index (κ3) is 2.78. The average molecular weight is 287 g/mol. The average Bonchev–Trinajstić information content (AvgIpc) is 2.53. The van der Waals surface area contributed by atoms with Crippen molar-refractivity contribution in [2.45, 2.75) is 57.9 Å². The van der Waals surface area contributed by atoms with E-state index in [1.807, 2.05) is 6.07 Å². The number of hydrogen-bond acceptors (Lipinski definition) is 2. The summed E-state index contributed by atoms with van der Waals surface area (Å²) in [5, 5.41) is 9.39. The minimum Gasteiger partial charge on any atom is -0.478 e. The molecular formula is C18H25NO2. The van der Waals surface area contributed by atoms with Crippen LogP contribution in [0.4, 0.5) is 5.69 Å². The van der Waals surface area contributed by atoms with Gasteiger partial charge < -0.3 is 10.0 Å². The Hall–Kier alpha value is -1.51. The van der Waals surface area contributed by atoms with Crippen molar-refractivity contribution in [3.8, 4) is 0 Å². The molecule has 1 aliphatic carbocycles. The Morgan fingerprint density at radius 3 is 2.71 bits per heavy atom. The van der Waals surface area contributed by atoms with E-state index < -0.39 is 5.97 Å². The van der Waals surface area contributed by atoms with Gasteiger partial charge in [0.1, 0.15) is 0 Å². The van der Waals surface area contributed by atoms with Gasteiger partial charge in [0.25, 0.3) is 0 Å². The zero-order valence-corrected chi connectivity index (χ0v) is 12.8. The maximum Gasteiger partial charge on any atom is 0.336 e. The quantitative estimate of drug-likeness (QED) is 0.909. The minimum atomic E-state index is -0.789. The van der Waals surface area contributed by atoms with Crippen LogP contribution in [0.2, 0.25) is 0 Å². The Morgan fingerprint density at radius 2 is 2.05 bits per heavy atom. The van der Waals surface area contributed by atoms with E-state index in [1.54, 1.807) is 6.07 Å². The zero-order chi connectivity index (χ0) is 14.8. The van der Waals surface area contributed by atoms with Crippen LogP contribution in [0.5, 0.6) is 0 Å². The molecule has 1 fully saturated rings. The number of aromatic carboxylic acids is 1. The molecule has 3 rings (SSSR count). The van der Waals surface area contributed by atoms with Gasteiger partial charge in [-0.3, -0.25) is 0 Å². The third-order valence-corrected chi connectivity index (χ3v) is 5.35. The summed E-state index contributed by atoms with van der Waals surface area (Å²) in [5.41, 5.74) is 2.73. The summed E-state index contributed by atoms with van der Waals surface area (Å²) >= 11 is 0. The largest absolute Gasteiger partial charge is 0.478 e. The van der Waals surface area contributed by atoms with Gasteiger partial charge in [0.05, 0.1) is 5.56 Å². The highest BCUT2D eigenvalue weighted by atomic mass is 16.4. The second-order valence-electron chi connectivity index (χ2n) is 6.49. The number of benzene rings is 1. The summed E-state index contributed by atoms with van der Waals surface area (Å²) in [7, 11) is 0. The number of fused-ring (bicyclic) bond motifs is 1. The number of carboxylic acids is 1. The Bertz CT molecular complexity index is 518. The maximum absolute atomic E-state index is 11.4. The Kier molecular flexibility index (Phi) is 4.18. The predicted octanol–water partition coefficient (Wildman–Crippen LogP) is 4.11. The predicted molar refractivity (Wildman–Crippen MR) is 85.1 cm³/mol. The first-order valence-electron chi connectivity index (χ1n) is 8.32. The number of carbonyl (C=O) groups is 1. The highest BCUT2D eigenvalue weighted by Gasteiger charge is 2.29. The van der Waals surface area contributed by atoms with E-state index in [0.717, 1.165) is 30.9 Å². The molecule has 0 amide bonds. The molecule has 0 bridgehead atoms. The van der Waals surface area contributed by atoms with Gasteiger partial charge in [-0.1, -0.05) is 19.4 Å². The van der Waals surface area contributed by atoms with Crippen LogP contribution in [-0.4, -0.2) is 23.7 Å². The maximum atomic E-state index is 11.4. The summed E-state index contributed by atoms with van der Waals surface area (Å²) < 4.78 is 0. The number of rotatable bonds is 3. The standard InChI is InChI=1S/C18H25NO2/c1-2-13-8-10-14(11-9-13)19-12-4-6-15-16(18(20)21)5-3-7-17(15)19/h3,5,7,13-14H,2,4,6,8-12H2,1H3,(H,20,21). The van der Waals surface area contributed by atoms with Crippen LogP contribution in [0.3, 0.4) is 0 Å². The van der Waals surface area contributed by atoms with Crippen molar-refractivity contribution in [2.24, 2.45) is 5.92 Å². The minimum absolute atomic E-state index is 0.499. The van der Waals surface area contributed by atoms with Crippen LogP contribution in [0, 0.1) is 5.92 Å². The summed E-state index contributed by atoms with van der Waals surface area (Å²) in [6.45, 7) is 3.37. The van der Waals surface area contributed by atoms with Crippen molar-refractivity contribution in [3.63, 3.8) is 0 Å². The number of anilines is 1. The van der Waals surface area contributed by atoms with Crippen LogP contribution >= 0.6 is 0 Å². The molecule has 2 aliphatic rings. The fraction of sp³-hybridized carbons (Fsp3) is 0.611. The van der Waals surface area contributed by atoms with Gasteiger partial charge in [-0.25, -0.2) is 4.79 Å². The smallest absolute Gasteiger partial charge is 0.336 e. The SMILES string of the molecule is CCC1CCC(N2CCCc3c(C(=O)O)cccc32)CC1. The highest BCUT2D eigenvalue weighted by molar-refractivity contribution is 5.91. The van der Waals surface area contributed by atoms with E-state index >= 15 is 0 Å². The van der Waals surface area contributed by atoms with Crippen molar-refractivity contribution < 1.29 is 9.90 Å². The molecule has 1 aromatic rings. The Morgan fingerprint density at radius 1 is 1.29 bits per heavy atom. The highest BCUT2D eigenvalue weighted by Crippen LogP contribution is 2.37. The van der Waals surface area contributed by atoms with Crippen LogP contribution in [0.15, 0.2) is 18.2 Å². The molecule has 0 spiro atoms. The molecule has 114 valence electrons. The molecule has 1 saturated carbocycles. The number of nitrogens with zero attached hydrogens (tertiary/aromatic N) is 1. The molecule has 3 heteroatoms. The monoisotopic (exact) mass is 287 g/mol. The van der Waals surface area contributed by atoms with Gasteiger partial charge >= 0.3 is 5.97 Å². The van der Waals surface area contributed by atoms with Gasteiger partial charge in [0.15, 0.2) is 0 Å². The second kappa shape index (κ2) is 6.08. The molecule has 3 nitrogen and oxygen atoms in total. The van der Waals surface area contributed by atoms with Crippen molar-refractivity contribution in [1.82, 2.24) is 0 Å². The lowest BCUT2D eigenvalue weighted by molar-refractivity contribution is 0.0695. The van der Waals surface area contributed by atoms with E-state index in [2.05, 4.69) is 17.9 Å². The first-order chi connectivity index (χ1) is 10.2. The van der Waals surface area contributed by atoms with Gasteiger partial charge in [-0.15, -0.1) is 0 Å². The zero-order valence-electron chi connectivity index (χ0n) is 12.8. The van der Waals surface area contributed by atoms with Crippen LogP contribution in [0.25, 0.3) is 0 Å². The normalized spacial score (nSPS) is 25.5. The number of carboxylic acid groups (broad SMARTS) is 1. The molecular weight excluding hydrogens is 262 g/mol. The lowest BCUT2D eigenvalue weighted by Crippen LogP contribution is -2.41.